The molecule has 8 heteroatoms. The Morgan fingerprint density at radius 2 is 2.00 bits per heavy atom. The maximum atomic E-state index is 12.2. The van der Waals surface area contributed by atoms with Crippen molar-refractivity contribution in [1.29, 1.82) is 0 Å². The van der Waals surface area contributed by atoms with Crippen molar-refractivity contribution in [3.63, 3.8) is 0 Å². The van der Waals surface area contributed by atoms with Crippen LogP contribution in [0.2, 0.25) is 0 Å². The topological polar surface area (TPSA) is 95.7 Å². The molecule has 0 spiro atoms. The van der Waals surface area contributed by atoms with Gasteiger partial charge in [-0.1, -0.05) is 12.1 Å². The van der Waals surface area contributed by atoms with E-state index >= 15 is 0 Å². The normalized spacial score (nSPS) is 14.1. The molecule has 0 atom stereocenters. The Hall–Kier alpha value is -2.97. The fraction of sp³-hybridized carbons (Fsp3) is 0.105. The van der Waals surface area contributed by atoms with Gasteiger partial charge in [-0.25, -0.2) is 4.98 Å². The third-order valence-electron chi connectivity index (χ3n) is 4.10. The van der Waals surface area contributed by atoms with E-state index in [1.165, 1.54) is 6.08 Å². The molecule has 1 aliphatic heterocycles. The first-order valence-electron chi connectivity index (χ1n) is 8.18. The molecule has 136 valence electrons. The molecule has 0 saturated heterocycles. The Kier molecular flexibility index (Phi) is 4.51. The molecule has 0 radical (unpaired) electrons. The molecule has 2 heterocycles. The number of aliphatic hydroxyl groups excluding tert-OH is 1. The van der Waals surface area contributed by atoms with Crippen LogP contribution in [0.25, 0.3) is 22.6 Å². The molecule has 3 aromatic rings. The minimum atomic E-state index is -0.469. The van der Waals surface area contributed by atoms with E-state index in [-0.39, 0.29) is 18.8 Å². The second-order valence-corrected chi connectivity index (χ2v) is 6.74. The number of amides is 2. The zero-order chi connectivity index (χ0) is 19.0. The van der Waals surface area contributed by atoms with Gasteiger partial charge in [0.2, 0.25) is 5.89 Å². The largest absolute Gasteiger partial charge is 0.436 e. The number of β-amino-alcohol motifs (C(OH)–C–C–N with tert-alkyl or cyclic N) is 1. The molecule has 4 rings (SSSR count). The minimum absolute atomic E-state index is 0.0308. The van der Waals surface area contributed by atoms with Crippen molar-refractivity contribution in [2.24, 2.45) is 0 Å². The van der Waals surface area contributed by atoms with Crippen LogP contribution in [0, 0.1) is 0 Å². The van der Waals surface area contributed by atoms with Crippen LogP contribution in [0.1, 0.15) is 0 Å². The Morgan fingerprint density at radius 1 is 1.19 bits per heavy atom. The summed E-state index contributed by atoms with van der Waals surface area (Å²) in [6.45, 7) is -0.307. The van der Waals surface area contributed by atoms with Crippen molar-refractivity contribution in [2.75, 3.05) is 18.5 Å². The van der Waals surface area contributed by atoms with Crippen LogP contribution in [0.4, 0.5) is 5.69 Å². The number of halogens is 1. The number of fused-ring (bicyclic) bond motifs is 1. The smallest absolute Gasteiger partial charge is 0.277 e. The number of nitrogens with one attached hydrogen (secondary N) is 1. The standard InChI is InChI=1S/C19H14BrN3O4/c20-13-4-2-1-3-12(13)18-22-14-9-11(5-6-16(14)27-18)21-15-10-17(25)23(7-8-24)19(15)26/h1-6,9-10,21,24H,7-8H2. The highest BCUT2D eigenvalue weighted by Crippen LogP contribution is 2.31. The number of anilines is 1. The molecule has 0 saturated carbocycles. The van der Waals surface area contributed by atoms with Gasteiger partial charge in [-0.2, -0.15) is 0 Å². The van der Waals surface area contributed by atoms with Gasteiger partial charge < -0.3 is 14.8 Å². The number of benzene rings is 2. The van der Waals surface area contributed by atoms with Crippen molar-refractivity contribution in [1.82, 2.24) is 9.88 Å². The average molecular weight is 428 g/mol. The molecule has 27 heavy (non-hydrogen) atoms. The molecule has 0 fully saturated rings. The van der Waals surface area contributed by atoms with Gasteiger partial charge in [-0.15, -0.1) is 0 Å². The molecule has 1 aliphatic rings. The molecule has 2 N–H and O–H groups in total. The maximum absolute atomic E-state index is 12.2. The number of hydrogen-bond acceptors (Lipinski definition) is 6. The van der Waals surface area contributed by atoms with Gasteiger partial charge in [0.05, 0.1) is 18.7 Å². The summed E-state index contributed by atoms with van der Waals surface area (Å²) < 4.78 is 6.68. The molecular formula is C19H14BrN3O4. The zero-order valence-electron chi connectivity index (χ0n) is 14.0. The number of carbonyl (C=O) groups is 2. The Balaban J connectivity index is 1.61. The Labute approximate surface area is 162 Å². The average Bonchev–Trinajstić information content (AvgIpc) is 3.18. The van der Waals surface area contributed by atoms with E-state index in [1.54, 1.807) is 18.2 Å². The van der Waals surface area contributed by atoms with Gasteiger partial charge in [0, 0.05) is 16.2 Å². The third-order valence-corrected chi connectivity index (χ3v) is 4.80. The van der Waals surface area contributed by atoms with Crippen LogP contribution >= 0.6 is 15.9 Å². The number of oxazole rings is 1. The minimum Gasteiger partial charge on any atom is -0.436 e. The number of aromatic nitrogens is 1. The molecule has 0 aliphatic carbocycles. The summed E-state index contributed by atoms with van der Waals surface area (Å²) in [5.41, 5.74) is 2.82. The SMILES string of the molecule is O=C1C=C(Nc2ccc3oc(-c4ccccc4Br)nc3c2)C(=O)N1CCO. The molecule has 1 aromatic heterocycles. The number of imide groups is 1. The lowest BCUT2D eigenvalue weighted by molar-refractivity contribution is -0.137. The van der Waals surface area contributed by atoms with Crippen molar-refractivity contribution in [3.05, 3.63) is 58.7 Å². The van der Waals surface area contributed by atoms with Crippen LogP contribution in [0.5, 0.6) is 0 Å². The number of nitrogens with zero attached hydrogens (tertiary/aromatic N) is 2. The van der Waals surface area contributed by atoms with Crippen molar-refractivity contribution in [3.8, 4) is 11.5 Å². The highest BCUT2D eigenvalue weighted by molar-refractivity contribution is 9.10. The zero-order valence-corrected chi connectivity index (χ0v) is 15.6. The molecular weight excluding hydrogens is 414 g/mol. The number of carbonyl (C=O) groups excluding carboxylic acids is 2. The molecule has 0 unspecified atom stereocenters. The van der Waals surface area contributed by atoms with Gasteiger partial charge in [0.15, 0.2) is 5.58 Å². The number of hydrogen-bond donors (Lipinski definition) is 2. The first-order valence-corrected chi connectivity index (χ1v) is 8.97. The first-order chi connectivity index (χ1) is 13.1. The van der Waals surface area contributed by atoms with Gasteiger partial charge in [0.1, 0.15) is 11.2 Å². The third kappa shape index (κ3) is 3.24. The quantitative estimate of drug-likeness (QED) is 0.607. The second-order valence-electron chi connectivity index (χ2n) is 5.88. The van der Waals surface area contributed by atoms with Crippen LogP contribution in [0.3, 0.4) is 0 Å². The second kappa shape index (κ2) is 6.98. The van der Waals surface area contributed by atoms with Gasteiger partial charge in [-0.3, -0.25) is 14.5 Å². The number of aliphatic hydroxyl groups is 1. The maximum Gasteiger partial charge on any atom is 0.277 e. The Morgan fingerprint density at radius 3 is 2.78 bits per heavy atom. The fourth-order valence-corrected chi connectivity index (χ4v) is 3.27. The van der Waals surface area contributed by atoms with Gasteiger partial charge >= 0.3 is 0 Å². The van der Waals surface area contributed by atoms with E-state index in [1.807, 2.05) is 24.3 Å². The molecule has 0 bridgehead atoms. The van der Waals surface area contributed by atoms with Crippen molar-refractivity contribution in [2.45, 2.75) is 0 Å². The van der Waals surface area contributed by atoms with Crippen LogP contribution in [-0.2, 0) is 9.59 Å². The monoisotopic (exact) mass is 427 g/mol. The van der Waals surface area contributed by atoms with E-state index < -0.39 is 11.8 Å². The lowest BCUT2D eigenvalue weighted by Gasteiger charge is -2.13. The van der Waals surface area contributed by atoms with E-state index in [4.69, 9.17) is 9.52 Å². The van der Waals surface area contributed by atoms with E-state index in [0.717, 1.165) is 14.9 Å². The van der Waals surface area contributed by atoms with Gasteiger partial charge in [-0.05, 0) is 46.3 Å². The molecule has 2 aromatic carbocycles. The van der Waals surface area contributed by atoms with E-state index in [2.05, 4.69) is 26.2 Å². The predicted octanol–water partition coefficient (Wildman–Crippen LogP) is 2.91. The van der Waals surface area contributed by atoms with E-state index in [0.29, 0.717) is 22.7 Å². The first kappa shape index (κ1) is 17.4. The van der Waals surface area contributed by atoms with Gasteiger partial charge in [0.25, 0.3) is 11.8 Å². The number of rotatable bonds is 5. The van der Waals surface area contributed by atoms with Crippen molar-refractivity contribution < 1.29 is 19.1 Å². The summed E-state index contributed by atoms with van der Waals surface area (Å²) in [5, 5.41) is 11.9. The van der Waals surface area contributed by atoms with Crippen molar-refractivity contribution >= 4 is 44.5 Å². The van der Waals surface area contributed by atoms with E-state index in [9.17, 15) is 9.59 Å². The lowest BCUT2D eigenvalue weighted by Crippen LogP contribution is -2.34. The summed E-state index contributed by atoms with van der Waals surface area (Å²) in [6, 6.07) is 12.8. The fourth-order valence-electron chi connectivity index (χ4n) is 2.82. The summed E-state index contributed by atoms with van der Waals surface area (Å²) >= 11 is 3.48. The van der Waals surface area contributed by atoms with Crippen LogP contribution < -0.4 is 5.32 Å². The summed E-state index contributed by atoms with van der Waals surface area (Å²) in [6.07, 6.45) is 1.22. The highest BCUT2D eigenvalue weighted by atomic mass is 79.9. The lowest BCUT2D eigenvalue weighted by atomic mass is 10.2. The van der Waals surface area contributed by atoms with Crippen LogP contribution in [-0.4, -0.2) is 40.0 Å². The summed E-state index contributed by atoms with van der Waals surface area (Å²) in [5.74, 6) is -0.437. The molecule has 2 amide bonds. The summed E-state index contributed by atoms with van der Waals surface area (Å²) in [4.78, 5) is 29.5. The highest BCUT2D eigenvalue weighted by Gasteiger charge is 2.30. The summed E-state index contributed by atoms with van der Waals surface area (Å²) in [7, 11) is 0. The van der Waals surface area contributed by atoms with Crippen LogP contribution in [0.15, 0.2) is 63.1 Å². The Bertz CT molecular complexity index is 1090. The predicted molar refractivity (Wildman–Crippen MR) is 103 cm³/mol. The molecule has 7 nitrogen and oxygen atoms in total.